The summed E-state index contributed by atoms with van der Waals surface area (Å²) in [7, 11) is -3.94. The molecule has 1 fully saturated rings. The number of rotatable bonds is 5. The lowest BCUT2D eigenvalue weighted by Crippen LogP contribution is -2.50. The number of para-hydroxylation sites is 1. The molecule has 188 valence electrons. The number of likely N-dealkylation sites (tertiary alicyclic amines) is 1. The molecule has 2 aliphatic heterocycles. The van der Waals surface area contributed by atoms with Crippen molar-refractivity contribution < 1.29 is 22.0 Å². The maximum atomic E-state index is 13.6. The lowest BCUT2D eigenvalue weighted by atomic mass is 9.74. The van der Waals surface area contributed by atoms with Gasteiger partial charge in [-0.2, -0.15) is 0 Å². The molecule has 3 aromatic carbocycles. The molecule has 0 unspecified atom stereocenters. The van der Waals surface area contributed by atoms with Crippen molar-refractivity contribution in [2.24, 2.45) is 0 Å². The Morgan fingerprint density at radius 2 is 1.56 bits per heavy atom. The van der Waals surface area contributed by atoms with Gasteiger partial charge in [-0.1, -0.05) is 60.7 Å². The summed E-state index contributed by atoms with van der Waals surface area (Å²) in [5, 5.41) is 2.96. The Morgan fingerprint density at radius 3 is 2.22 bits per heavy atom. The van der Waals surface area contributed by atoms with Crippen LogP contribution in [0.3, 0.4) is 0 Å². The van der Waals surface area contributed by atoms with Gasteiger partial charge in [-0.15, -0.1) is 0 Å². The number of nitrogens with zero attached hydrogens (tertiary/aromatic N) is 2. The lowest BCUT2D eigenvalue weighted by Gasteiger charge is -2.39. The first-order valence-corrected chi connectivity index (χ1v) is 13.3. The summed E-state index contributed by atoms with van der Waals surface area (Å²) in [6.07, 6.45) is -1.41. The zero-order chi connectivity index (χ0) is 25.3. The van der Waals surface area contributed by atoms with E-state index in [4.69, 9.17) is 0 Å². The predicted molar refractivity (Wildman–Crippen MR) is 134 cm³/mol. The Hall–Kier alpha value is -3.46. The van der Waals surface area contributed by atoms with Crippen LogP contribution in [0.15, 0.2) is 83.8 Å². The van der Waals surface area contributed by atoms with Crippen molar-refractivity contribution in [3.05, 3.63) is 95.6 Å². The van der Waals surface area contributed by atoms with E-state index in [2.05, 4.69) is 5.32 Å². The molecule has 2 heterocycles. The molecule has 2 aliphatic rings. The van der Waals surface area contributed by atoms with E-state index in [0.29, 0.717) is 38.2 Å². The summed E-state index contributed by atoms with van der Waals surface area (Å²) in [5.41, 5.74) is 1.94. The highest BCUT2D eigenvalue weighted by Gasteiger charge is 2.48. The quantitative estimate of drug-likeness (QED) is 0.520. The second-order valence-electron chi connectivity index (χ2n) is 9.31. The van der Waals surface area contributed by atoms with Gasteiger partial charge in [0.2, 0.25) is 0 Å². The summed E-state index contributed by atoms with van der Waals surface area (Å²) in [6, 6.07) is 21.8. The number of carbonyl (C=O) groups excluding carboxylic acids is 1. The summed E-state index contributed by atoms with van der Waals surface area (Å²) < 4.78 is 54.4. The van der Waals surface area contributed by atoms with E-state index in [1.165, 1.54) is 16.4 Å². The fourth-order valence-electron chi connectivity index (χ4n) is 5.16. The number of benzene rings is 3. The largest absolute Gasteiger partial charge is 0.334 e. The second-order valence-corrected chi connectivity index (χ2v) is 11.2. The molecular formula is C27H27F2N3O3S. The Balaban J connectivity index is 1.32. The van der Waals surface area contributed by atoms with Gasteiger partial charge in [0.1, 0.15) is 0 Å². The summed E-state index contributed by atoms with van der Waals surface area (Å²) in [6.45, 7) is 1.71. The first-order chi connectivity index (χ1) is 17.3. The van der Waals surface area contributed by atoms with E-state index in [-0.39, 0.29) is 23.0 Å². The molecule has 0 bridgehead atoms. The van der Waals surface area contributed by atoms with Gasteiger partial charge in [0.15, 0.2) is 0 Å². The van der Waals surface area contributed by atoms with Gasteiger partial charge in [0, 0.05) is 37.2 Å². The molecule has 1 N–H and O–H groups in total. The van der Waals surface area contributed by atoms with Crippen molar-refractivity contribution in [3.8, 4) is 0 Å². The van der Waals surface area contributed by atoms with Crippen LogP contribution in [0.5, 0.6) is 0 Å². The first-order valence-electron chi connectivity index (χ1n) is 11.9. The molecule has 0 aromatic heterocycles. The molecular weight excluding hydrogens is 484 g/mol. The molecule has 3 aromatic rings. The third kappa shape index (κ3) is 4.43. The van der Waals surface area contributed by atoms with Gasteiger partial charge in [0.25, 0.3) is 16.4 Å². The number of piperidine rings is 1. The molecule has 0 aliphatic carbocycles. The summed E-state index contributed by atoms with van der Waals surface area (Å²) >= 11 is 0. The van der Waals surface area contributed by atoms with Crippen LogP contribution in [0.4, 0.5) is 19.3 Å². The second kappa shape index (κ2) is 9.54. The zero-order valence-corrected chi connectivity index (χ0v) is 20.4. The van der Waals surface area contributed by atoms with Crippen LogP contribution in [0.2, 0.25) is 0 Å². The highest BCUT2D eigenvalue weighted by Crippen LogP contribution is 2.48. The molecule has 1 spiro atoms. The van der Waals surface area contributed by atoms with Gasteiger partial charge >= 0.3 is 6.03 Å². The zero-order valence-electron chi connectivity index (χ0n) is 19.6. The van der Waals surface area contributed by atoms with Gasteiger partial charge < -0.3 is 10.2 Å². The highest BCUT2D eigenvalue weighted by molar-refractivity contribution is 7.92. The number of nitrogens with one attached hydrogen (secondary N) is 1. The van der Waals surface area contributed by atoms with E-state index >= 15 is 0 Å². The number of alkyl halides is 2. The monoisotopic (exact) mass is 511 g/mol. The van der Waals surface area contributed by atoms with Crippen LogP contribution < -0.4 is 9.62 Å². The normalized spacial score (nSPS) is 16.9. The molecule has 9 heteroatoms. The topological polar surface area (TPSA) is 69.7 Å². The van der Waals surface area contributed by atoms with Crippen LogP contribution in [0.25, 0.3) is 0 Å². The Bertz CT molecular complexity index is 1340. The van der Waals surface area contributed by atoms with Gasteiger partial charge in [0.05, 0.1) is 10.6 Å². The molecule has 0 radical (unpaired) electrons. The van der Waals surface area contributed by atoms with Gasteiger partial charge in [-0.25, -0.2) is 22.0 Å². The fraction of sp³-hybridized carbons (Fsp3) is 0.296. The van der Waals surface area contributed by atoms with Crippen molar-refractivity contribution in [3.63, 3.8) is 0 Å². The first kappa shape index (κ1) is 24.2. The van der Waals surface area contributed by atoms with Crippen molar-refractivity contribution >= 4 is 21.7 Å². The van der Waals surface area contributed by atoms with Crippen LogP contribution in [0, 0.1) is 0 Å². The number of carbonyl (C=O) groups is 1. The molecule has 1 saturated heterocycles. The minimum Gasteiger partial charge on any atom is -0.334 e. The highest BCUT2D eigenvalue weighted by atomic mass is 32.2. The average Bonchev–Trinajstić information content (AvgIpc) is 3.23. The van der Waals surface area contributed by atoms with Crippen molar-refractivity contribution in [1.29, 1.82) is 0 Å². The van der Waals surface area contributed by atoms with Crippen LogP contribution in [-0.2, 0) is 22.0 Å². The molecule has 0 saturated carbocycles. The minimum atomic E-state index is -3.94. The Morgan fingerprint density at radius 1 is 0.917 bits per heavy atom. The van der Waals surface area contributed by atoms with E-state index in [1.54, 1.807) is 17.0 Å². The van der Waals surface area contributed by atoms with E-state index in [9.17, 15) is 22.0 Å². The Kier molecular flexibility index (Phi) is 6.42. The molecule has 0 atom stereocenters. The number of anilines is 1. The number of sulfonamides is 1. The van der Waals surface area contributed by atoms with Crippen molar-refractivity contribution in [2.45, 2.75) is 36.1 Å². The molecule has 6 nitrogen and oxygen atoms in total. The number of hydrogen-bond acceptors (Lipinski definition) is 3. The number of amides is 2. The summed E-state index contributed by atoms with van der Waals surface area (Å²) in [5.74, 6) is 0. The van der Waals surface area contributed by atoms with Gasteiger partial charge in [-0.3, -0.25) is 4.31 Å². The SMILES string of the molecule is O=C(NCc1ccccc1)N1CCC2(CC1)CN(S(=O)(=O)c1ccc(C(F)F)cc1)c1ccccc12. The number of urea groups is 1. The number of hydrogen-bond donors (Lipinski definition) is 1. The predicted octanol–water partition coefficient (Wildman–Crippen LogP) is 5.08. The number of halogens is 2. The van der Waals surface area contributed by atoms with Gasteiger partial charge in [-0.05, 0) is 42.2 Å². The van der Waals surface area contributed by atoms with Crippen molar-refractivity contribution in [1.82, 2.24) is 10.2 Å². The third-order valence-electron chi connectivity index (χ3n) is 7.20. The standard InChI is InChI=1S/C27H27F2N3O3S/c28-25(29)21-10-12-22(13-11-21)36(34,35)32-19-27(23-8-4-5-9-24(23)32)14-16-31(17-15-27)26(33)30-18-20-6-2-1-3-7-20/h1-13,25H,14-19H2,(H,30,33). The molecule has 2 amide bonds. The summed E-state index contributed by atoms with van der Waals surface area (Å²) in [4.78, 5) is 14.5. The third-order valence-corrected chi connectivity index (χ3v) is 8.98. The number of fused-ring (bicyclic) bond motifs is 2. The van der Waals surface area contributed by atoms with E-state index < -0.39 is 21.9 Å². The maximum absolute atomic E-state index is 13.6. The van der Waals surface area contributed by atoms with Crippen LogP contribution in [0.1, 0.15) is 36.0 Å². The fourth-order valence-corrected chi connectivity index (χ4v) is 6.73. The maximum Gasteiger partial charge on any atom is 0.317 e. The smallest absolute Gasteiger partial charge is 0.317 e. The molecule has 5 rings (SSSR count). The Labute approximate surface area is 209 Å². The minimum absolute atomic E-state index is 0.0171. The molecule has 36 heavy (non-hydrogen) atoms. The van der Waals surface area contributed by atoms with Crippen LogP contribution in [-0.4, -0.2) is 39.0 Å². The van der Waals surface area contributed by atoms with E-state index in [0.717, 1.165) is 23.3 Å². The lowest BCUT2D eigenvalue weighted by molar-refractivity contribution is 0.151. The van der Waals surface area contributed by atoms with E-state index in [1.807, 2.05) is 42.5 Å². The average molecular weight is 512 g/mol. The van der Waals surface area contributed by atoms with Crippen molar-refractivity contribution in [2.75, 3.05) is 23.9 Å². The van der Waals surface area contributed by atoms with Crippen LogP contribution >= 0.6 is 0 Å².